The molecule has 0 amide bonds. The van der Waals surface area contributed by atoms with Crippen molar-refractivity contribution < 1.29 is 14.1 Å². The van der Waals surface area contributed by atoms with Gasteiger partial charge in [0.25, 0.3) is 0 Å². The normalized spacial score (nSPS) is 12.1. The number of thioether (sulfide) groups is 1. The molecular weight excluding hydrogens is 276 g/mol. The van der Waals surface area contributed by atoms with E-state index in [4.69, 9.17) is 4.52 Å². The van der Waals surface area contributed by atoms with Gasteiger partial charge in [-0.05, 0) is 0 Å². The van der Waals surface area contributed by atoms with E-state index in [0.29, 0.717) is 23.2 Å². The summed E-state index contributed by atoms with van der Waals surface area (Å²) in [5, 5.41) is 3.94. The first-order chi connectivity index (χ1) is 9.70. The van der Waals surface area contributed by atoms with Crippen LogP contribution in [0.3, 0.4) is 0 Å². The van der Waals surface area contributed by atoms with Crippen molar-refractivity contribution in [3.05, 3.63) is 36.2 Å². The van der Waals surface area contributed by atoms with Crippen LogP contribution in [-0.2, 0) is 15.3 Å². The molecule has 0 saturated carbocycles. The van der Waals surface area contributed by atoms with E-state index < -0.39 is 0 Å². The summed E-state index contributed by atoms with van der Waals surface area (Å²) in [5.74, 6) is 2.05. The van der Waals surface area contributed by atoms with Crippen molar-refractivity contribution in [1.82, 2.24) is 10.1 Å². The molecule has 20 heavy (non-hydrogen) atoms. The van der Waals surface area contributed by atoms with Gasteiger partial charge in [-0.3, -0.25) is 4.79 Å². The number of carbonyl (C=O) groups excluding carboxylic acids is 1. The van der Waals surface area contributed by atoms with Gasteiger partial charge in [0.05, 0.1) is 18.8 Å². The number of carbonyl (C=O) groups is 1. The third-order valence-corrected chi connectivity index (χ3v) is 3.88. The van der Waals surface area contributed by atoms with Gasteiger partial charge in [-0.1, -0.05) is 42.4 Å². The average Bonchev–Trinajstić information content (AvgIpc) is 2.96. The highest BCUT2D eigenvalue weighted by Crippen LogP contribution is 2.19. The van der Waals surface area contributed by atoms with E-state index >= 15 is 0 Å². The second kappa shape index (κ2) is 7.09. The van der Waals surface area contributed by atoms with Crippen LogP contribution in [0.15, 0.2) is 34.9 Å². The van der Waals surface area contributed by atoms with Crippen LogP contribution in [0, 0.1) is 5.92 Å². The van der Waals surface area contributed by atoms with Crippen LogP contribution in [0.1, 0.15) is 12.8 Å². The molecule has 1 unspecified atom stereocenters. The minimum atomic E-state index is -0.201. The molecule has 0 aliphatic rings. The number of rotatable bonds is 6. The van der Waals surface area contributed by atoms with Crippen LogP contribution in [0.2, 0.25) is 0 Å². The first kappa shape index (κ1) is 14.6. The maximum atomic E-state index is 11.3. The molecule has 1 aromatic carbocycles. The van der Waals surface area contributed by atoms with Crippen molar-refractivity contribution in [2.45, 2.75) is 12.7 Å². The number of hydrogen-bond donors (Lipinski definition) is 0. The molecule has 0 spiro atoms. The summed E-state index contributed by atoms with van der Waals surface area (Å²) < 4.78 is 9.86. The molecule has 106 valence electrons. The van der Waals surface area contributed by atoms with E-state index in [9.17, 15) is 4.79 Å². The predicted octanol–water partition coefficient (Wildman–Crippen LogP) is 2.78. The molecule has 2 rings (SSSR count). The van der Waals surface area contributed by atoms with Crippen molar-refractivity contribution in [3.63, 3.8) is 0 Å². The van der Waals surface area contributed by atoms with Crippen LogP contribution in [0.4, 0.5) is 0 Å². The Morgan fingerprint density at radius 2 is 2.15 bits per heavy atom. The molecule has 0 radical (unpaired) electrons. The number of benzene rings is 1. The lowest BCUT2D eigenvalue weighted by Crippen LogP contribution is -2.14. The predicted molar refractivity (Wildman–Crippen MR) is 77.1 cm³/mol. The Bertz CT molecular complexity index is 557. The summed E-state index contributed by atoms with van der Waals surface area (Å²) >= 11 is 1.57. The van der Waals surface area contributed by atoms with Crippen molar-refractivity contribution in [1.29, 1.82) is 0 Å². The van der Waals surface area contributed by atoms with E-state index in [1.165, 1.54) is 7.11 Å². The lowest BCUT2D eigenvalue weighted by Gasteiger charge is -2.06. The Morgan fingerprint density at radius 3 is 2.85 bits per heavy atom. The van der Waals surface area contributed by atoms with Gasteiger partial charge >= 0.3 is 5.97 Å². The largest absolute Gasteiger partial charge is 0.469 e. The minimum absolute atomic E-state index is 0.137. The first-order valence-corrected chi connectivity index (χ1v) is 7.39. The smallest absolute Gasteiger partial charge is 0.309 e. The van der Waals surface area contributed by atoms with Crippen LogP contribution in [-0.4, -0.2) is 29.0 Å². The van der Waals surface area contributed by atoms with Crippen LogP contribution in [0.25, 0.3) is 11.4 Å². The molecule has 0 bridgehead atoms. The molecule has 1 atom stereocenters. The fourth-order valence-corrected chi connectivity index (χ4v) is 2.51. The van der Waals surface area contributed by atoms with Gasteiger partial charge in [-0.15, -0.1) is 0 Å². The maximum absolute atomic E-state index is 11.3. The van der Waals surface area contributed by atoms with Crippen molar-refractivity contribution in [3.8, 4) is 11.4 Å². The Hall–Kier alpha value is -1.82. The molecule has 2 aromatic rings. The van der Waals surface area contributed by atoms with E-state index in [-0.39, 0.29) is 11.9 Å². The summed E-state index contributed by atoms with van der Waals surface area (Å²) in [4.78, 5) is 15.6. The zero-order chi connectivity index (χ0) is 14.4. The summed E-state index contributed by atoms with van der Waals surface area (Å²) in [6.07, 6.45) is 0. The third kappa shape index (κ3) is 3.84. The first-order valence-electron chi connectivity index (χ1n) is 6.24. The highest BCUT2D eigenvalue weighted by molar-refractivity contribution is 7.98. The summed E-state index contributed by atoms with van der Waals surface area (Å²) in [6.45, 7) is 1.84. The fraction of sp³-hybridized carbons (Fsp3) is 0.357. The second-order valence-electron chi connectivity index (χ2n) is 4.32. The van der Waals surface area contributed by atoms with Gasteiger partial charge < -0.3 is 9.26 Å². The van der Waals surface area contributed by atoms with Crippen molar-refractivity contribution in [2.75, 3.05) is 12.9 Å². The van der Waals surface area contributed by atoms with Crippen molar-refractivity contribution >= 4 is 17.7 Å². The van der Waals surface area contributed by atoms with Gasteiger partial charge in [-0.2, -0.15) is 16.7 Å². The van der Waals surface area contributed by atoms with Crippen LogP contribution < -0.4 is 0 Å². The monoisotopic (exact) mass is 292 g/mol. The quantitative estimate of drug-likeness (QED) is 0.763. The summed E-state index contributed by atoms with van der Waals surface area (Å²) in [6, 6.07) is 9.66. The number of esters is 1. The van der Waals surface area contributed by atoms with E-state index in [1.807, 2.05) is 37.3 Å². The van der Waals surface area contributed by atoms with Crippen molar-refractivity contribution in [2.24, 2.45) is 5.92 Å². The van der Waals surface area contributed by atoms with Gasteiger partial charge in [0.1, 0.15) is 0 Å². The molecule has 0 saturated heterocycles. The highest BCUT2D eigenvalue weighted by atomic mass is 32.2. The number of hydrogen-bond acceptors (Lipinski definition) is 6. The number of methoxy groups -OCH3 is 1. The minimum Gasteiger partial charge on any atom is -0.469 e. The molecule has 0 aliphatic carbocycles. The summed E-state index contributed by atoms with van der Waals surface area (Å²) in [5.41, 5.74) is 0.926. The average molecular weight is 292 g/mol. The molecule has 1 heterocycles. The molecule has 0 fully saturated rings. The lowest BCUT2D eigenvalue weighted by molar-refractivity contribution is -0.143. The molecular formula is C14H16N2O3S. The summed E-state index contributed by atoms with van der Waals surface area (Å²) in [7, 11) is 1.40. The van der Waals surface area contributed by atoms with E-state index in [1.54, 1.807) is 11.8 Å². The number of ether oxygens (including phenoxy) is 1. The molecule has 6 heteroatoms. The third-order valence-electron chi connectivity index (χ3n) is 2.70. The van der Waals surface area contributed by atoms with Gasteiger partial charge in [-0.25, -0.2) is 0 Å². The van der Waals surface area contributed by atoms with Crippen LogP contribution in [0.5, 0.6) is 0 Å². The molecule has 5 nitrogen and oxygen atoms in total. The van der Waals surface area contributed by atoms with Gasteiger partial charge in [0, 0.05) is 11.3 Å². The molecule has 1 aromatic heterocycles. The SMILES string of the molecule is COC(=O)C(C)CSCc1nc(-c2ccccc2)no1. The van der Waals surface area contributed by atoms with E-state index in [2.05, 4.69) is 14.9 Å². The lowest BCUT2D eigenvalue weighted by atomic mass is 10.2. The second-order valence-corrected chi connectivity index (χ2v) is 5.35. The standard InChI is InChI=1S/C14H16N2O3S/c1-10(14(17)18-2)8-20-9-12-15-13(16-19-12)11-6-4-3-5-7-11/h3-7,10H,8-9H2,1-2H3. The topological polar surface area (TPSA) is 65.2 Å². The Labute approximate surface area is 121 Å². The maximum Gasteiger partial charge on any atom is 0.309 e. The Kier molecular flexibility index (Phi) is 5.17. The zero-order valence-corrected chi connectivity index (χ0v) is 12.2. The Morgan fingerprint density at radius 1 is 1.40 bits per heavy atom. The van der Waals surface area contributed by atoms with E-state index in [0.717, 1.165) is 5.56 Å². The Balaban J connectivity index is 1.86. The van der Waals surface area contributed by atoms with Gasteiger partial charge in [0.2, 0.25) is 11.7 Å². The fourth-order valence-electron chi connectivity index (χ4n) is 1.61. The molecule has 0 aliphatic heterocycles. The number of aromatic nitrogens is 2. The molecule has 0 N–H and O–H groups in total. The van der Waals surface area contributed by atoms with Gasteiger partial charge in [0.15, 0.2) is 0 Å². The van der Waals surface area contributed by atoms with Crippen LogP contribution >= 0.6 is 11.8 Å². The zero-order valence-electron chi connectivity index (χ0n) is 11.4. The highest BCUT2D eigenvalue weighted by Gasteiger charge is 2.14. The number of nitrogens with zero attached hydrogens (tertiary/aromatic N) is 2.